The van der Waals surface area contributed by atoms with Crippen LogP contribution in [0.5, 0.6) is 0 Å². The van der Waals surface area contributed by atoms with E-state index in [4.69, 9.17) is 0 Å². The minimum Gasteiger partial charge on any atom is -0.316 e. The summed E-state index contributed by atoms with van der Waals surface area (Å²) >= 11 is 0. The summed E-state index contributed by atoms with van der Waals surface area (Å²) in [5, 5.41) is 3.55. The van der Waals surface area contributed by atoms with Crippen LogP contribution in [0.25, 0.3) is 0 Å². The Labute approximate surface area is 99.2 Å². The molecule has 0 aromatic rings. The summed E-state index contributed by atoms with van der Waals surface area (Å²) in [6, 6.07) is 1.69. The molecule has 92 valence electrons. The summed E-state index contributed by atoms with van der Waals surface area (Å²) in [6.45, 7) is 8.92. The molecule has 3 aliphatic heterocycles. The topological polar surface area (TPSA) is 18.5 Å². The fourth-order valence-electron chi connectivity index (χ4n) is 4.01. The normalized spacial score (nSPS) is 42.8. The van der Waals surface area contributed by atoms with Crippen molar-refractivity contribution in [2.24, 2.45) is 11.8 Å². The number of rotatable bonds is 1. The monoisotopic (exact) mass is 223 g/mol. The molecule has 0 radical (unpaired) electrons. The van der Waals surface area contributed by atoms with Crippen LogP contribution in [0.2, 0.25) is 0 Å². The van der Waals surface area contributed by atoms with Gasteiger partial charge in [-0.05, 0) is 64.8 Å². The summed E-state index contributed by atoms with van der Waals surface area (Å²) in [7, 11) is 2.25. The van der Waals surface area contributed by atoms with Crippen molar-refractivity contribution in [2.75, 3.05) is 39.8 Å². The molecule has 0 saturated carbocycles. The Morgan fingerprint density at radius 3 is 2.56 bits per heavy atom. The predicted molar refractivity (Wildman–Crippen MR) is 66.5 cm³/mol. The molecule has 3 heteroatoms. The zero-order valence-electron chi connectivity index (χ0n) is 10.7. The number of nitrogens with one attached hydrogen (secondary N) is 1. The first-order valence-electron chi connectivity index (χ1n) is 6.90. The molecule has 3 aliphatic rings. The minimum absolute atomic E-state index is 0.813. The molecule has 3 atom stereocenters. The second-order valence-corrected chi connectivity index (χ2v) is 6.05. The van der Waals surface area contributed by atoms with Crippen LogP contribution in [-0.4, -0.2) is 61.7 Å². The fourth-order valence-corrected chi connectivity index (χ4v) is 4.01. The lowest BCUT2D eigenvalue weighted by Gasteiger charge is -2.38. The molecule has 3 saturated heterocycles. The highest BCUT2D eigenvalue weighted by Gasteiger charge is 2.44. The van der Waals surface area contributed by atoms with Crippen molar-refractivity contribution < 1.29 is 0 Å². The third-order valence-corrected chi connectivity index (χ3v) is 5.14. The van der Waals surface area contributed by atoms with E-state index in [2.05, 4.69) is 29.1 Å². The molecule has 0 bridgehead atoms. The van der Waals surface area contributed by atoms with Crippen LogP contribution in [0.3, 0.4) is 0 Å². The van der Waals surface area contributed by atoms with Crippen LogP contribution in [0.15, 0.2) is 0 Å². The molecule has 16 heavy (non-hydrogen) atoms. The molecule has 0 aliphatic carbocycles. The third kappa shape index (κ3) is 1.79. The molecule has 0 aromatic carbocycles. The van der Waals surface area contributed by atoms with E-state index in [1.807, 2.05) is 0 Å². The number of likely N-dealkylation sites (tertiary alicyclic amines) is 2. The van der Waals surface area contributed by atoms with Gasteiger partial charge in [0.05, 0.1) is 0 Å². The average Bonchev–Trinajstić information content (AvgIpc) is 2.84. The Hall–Kier alpha value is -0.120. The van der Waals surface area contributed by atoms with Crippen molar-refractivity contribution in [2.45, 2.75) is 31.8 Å². The molecule has 3 fully saturated rings. The van der Waals surface area contributed by atoms with Gasteiger partial charge in [-0.15, -0.1) is 0 Å². The molecular formula is C13H25N3. The third-order valence-electron chi connectivity index (χ3n) is 5.14. The van der Waals surface area contributed by atoms with Crippen molar-refractivity contribution in [3.63, 3.8) is 0 Å². The highest BCUT2D eigenvalue weighted by molar-refractivity contribution is 4.99. The van der Waals surface area contributed by atoms with Gasteiger partial charge < -0.3 is 10.2 Å². The Kier molecular flexibility index (Phi) is 2.94. The quantitative estimate of drug-likeness (QED) is 0.703. The van der Waals surface area contributed by atoms with Crippen LogP contribution in [-0.2, 0) is 0 Å². The first-order valence-corrected chi connectivity index (χ1v) is 6.90. The largest absolute Gasteiger partial charge is 0.316 e. The van der Waals surface area contributed by atoms with Crippen molar-refractivity contribution in [3.05, 3.63) is 0 Å². The van der Waals surface area contributed by atoms with E-state index in [-0.39, 0.29) is 0 Å². The molecular weight excluding hydrogens is 198 g/mol. The van der Waals surface area contributed by atoms with Gasteiger partial charge in [-0.1, -0.05) is 0 Å². The maximum atomic E-state index is 3.55. The second-order valence-electron chi connectivity index (χ2n) is 6.05. The SMILES string of the molecule is CC1C2CNCC2CN1C1CCN(C)CC1. The molecule has 3 heterocycles. The molecule has 3 rings (SSSR count). The summed E-state index contributed by atoms with van der Waals surface area (Å²) < 4.78 is 0. The van der Waals surface area contributed by atoms with Gasteiger partial charge in [0, 0.05) is 18.6 Å². The molecule has 0 aromatic heterocycles. The minimum atomic E-state index is 0.813. The smallest absolute Gasteiger partial charge is 0.0123 e. The van der Waals surface area contributed by atoms with E-state index in [1.54, 1.807) is 0 Å². The first-order chi connectivity index (χ1) is 7.75. The van der Waals surface area contributed by atoms with Gasteiger partial charge in [0.2, 0.25) is 0 Å². The highest BCUT2D eigenvalue weighted by Crippen LogP contribution is 2.35. The van der Waals surface area contributed by atoms with E-state index < -0.39 is 0 Å². The van der Waals surface area contributed by atoms with E-state index in [9.17, 15) is 0 Å². The number of piperidine rings is 1. The van der Waals surface area contributed by atoms with Crippen LogP contribution in [0.4, 0.5) is 0 Å². The van der Waals surface area contributed by atoms with E-state index in [0.717, 1.165) is 23.9 Å². The van der Waals surface area contributed by atoms with Crippen molar-refractivity contribution >= 4 is 0 Å². The van der Waals surface area contributed by atoms with Crippen LogP contribution in [0, 0.1) is 11.8 Å². The van der Waals surface area contributed by atoms with Gasteiger partial charge in [0.15, 0.2) is 0 Å². The van der Waals surface area contributed by atoms with E-state index >= 15 is 0 Å². The van der Waals surface area contributed by atoms with Gasteiger partial charge in [-0.2, -0.15) is 0 Å². The number of nitrogens with zero attached hydrogens (tertiary/aromatic N) is 2. The second kappa shape index (κ2) is 4.28. The first kappa shape index (κ1) is 11.0. The Morgan fingerprint density at radius 1 is 1.12 bits per heavy atom. The zero-order chi connectivity index (χ0) is 11.1. The van der Waals surface area contributed by atoms with Crippen LogP contribution < -0.4 is 5.32 Å². The lowest BCUT2D eigenvalue weighted by atomic mass is 9.95. The fraction of sp³-hybridized carbons (Fsp3) is 1.00. The van der Waals surface area contributed by atoms with Crippen molar-refractivity contribution in [3.8, 4) is 0 Å². The van der Waals surface area contributed by atoms with Crippen molar-refractivity contribution in [1.82, 2.24) is 15.1 Å². The zero-order valence-corrected chi connectivity index (χ0v) is 10.7. The Balaban J connectivity index is 1.63. The number of hydrogen-bond acceptors (Lipinski definition) is 3. The van der Waals surface area contributed by atoms with Gasteiger partial charge in [0.1, 0.15) is 0 Å². The molecule has 1 N–H and O–H groups in total. The van der Waals surface area contributed by atoms with Gasteiger partial charge in [0.25, 0.3) is 0 Å². The summed E-state index contributed by atoms with van der Waals surface area (Å²) in [5.41, 5.74) is 0. The van der Waals surface area contributed by atoms with Gasteiger partial charge in [-0.3, -0.25) is 4.90 Å². The maximum absolute atomic E-state index is 3.55. The molecule has 0 spiro atoms. The average molecular weight is 223 g/mol. The molecule has 3 nitrogen and oxygen atoms in total. The lowest BCUT2D eigenvalue weighted by molar-refractivity contribution is 0.105. The molecule has 3 unspecified atom stereocenters. The van der Waals surface area contributed by atoms with E-state index in [1.165, 1.54) is 45.6 Å². The summed E-state index contributed by atoms with van der Waals surface area (Å²) in [5.74, 6) is 1.87. The predicted octanol–water partition coefficient (Wildman–Crippen LogP) is 0.620. The Morgan fingerprint density at radius 2 is 1.88 bits per heavy atom. The van der Waals surface area contributed by atoms with Gasteiger partial charge >= 0.3 is 0 Å². The Bertz CT molecular complexity index is 248. The van der Waals surface area contributed by atoms with Crippen molar-refractivity contribution in [1.29, 1.82) is 0 Å². The van der Waals surface area contributed by atoms with Crippen LogP contribution in [0.1, 0.15) is 19.8 Å². The van der Waals surface area contributed by atoms with Crippen LogP contribution >= 0.6 is 0 Å². The summed E-state index contributed by atoms with van der Waals surface area (Å²) in [4.78, 5) is 5.29. The molecule has 0 amide bonds. The standard InChI is InChI=1S/C13H25N3/c1-10-13-8-14-7-11(13)9-16(10)12-3-5-15(2)6-4-12/h10-14H,3-9H2,1-2H3. The summed E-state index contributed by atoms with van der Waals surface area (Å²) in [6.07, 6.45) is 2.77. The lowest BCUT2D eigenvalue weighted by Crippen LogP contribution is -2.46. The number of fused-ring (bicyclic) bond motifs is 1. The van der Waals surface area contributed by atoms with Gasteiger partial charge in [-0.25, -0.2) is 0 Å². The number of hydrogen-bond donors (Lipinski definition) is 1. The highest BCUT2D eigenvalue weighted by atomic mass is 15.3. The maximum Gasteiger partial charge on any atom is 0.0123 e. The van der Waals surface area contributed by atoms with E-state index in [0.29, 0.717) is 0 Å².